The van der Waals surface area contributed by atoms with E-state index in [0.717, 1.165) is 30.3 Å². The van der Waals surface area contributed by atoms with Crippen LogP contribution in [0.5, 0.6) is 0 Å². The molecule has 0 atom stereocenters. The number of nitrogens with zero attached hydrogens (tertiary/aromatic N) is 5. The summed E-state index contributed by atoms with van der Waals surface area (Å²) in [7, 11) is 0. The van der Waals surface area contributed by atoms with Crippen LogP contribution in [0.25, 0.3) is 0 Å². The zero-order chi connectivity index (χ0) is 17.1. The van der Waals surface area contributed by atoms with Crippen molar-refractivity contribution in [3.8, 4) is 0 Å². The summed E-state index contributed by atoms with van der Waals surface area (Å²) in [4.78, 5) is 29.2. The van der Waals surface area contributed by atoms with E-state index in [9.17, 15) is 4.79 Å². The van der Waals surface area contributed by atoms with E-state index in [4.69, 9.17) is 11.6 Å². The number of piperazine rings is 1. The Kier molecular flexibility index (Phi) is 4.80. The number of carbonyl (C=O) groups excluding carboxylic acids is 1. The lowest BCUT2D eigenvalue weighted by Gasteiger charge is -2.35. The van der Waals surface area contributed by atoms with Crippen LogP contribution in [-0.2, 0) is 0 Å². The van der Waals surface area contributed by atoms with Crippen molar-refractivity contribution in [2.75, 3.05) is 36.4 Å². The van der Waals surface area contributed by atoms with Crippen LogP contribution in [0.1, 0.15) is 11.4 Å². The lowest BCUT2D eigenvalue weighted by atomic mass is 10.3. The van der Waals surface area contributed by atoms with Gasteiger partial charge in [-0.05, 0) is 26.0 Å². The summed E-state index contributed by atoms with van der Waals surface area (Å²) in [5.74, 6) is 0.900. The molecule has 1 fully saturated rings. The molecule has 0 aliphatic carbocycles. The number of hydrogen-bond acceptors (Lipinski definition) is 5. The molecule has 2 aromatic heterocycles. The predicted octanol–water partition coefficient (Wildman–Crippen LogP) is 2.50. The summed E-state index contributed by atoms with van der Waals surface area (Å²) in [5.41, 5.74) is 2.43. The van der Waals surface area contributed by atoms with Gasteiger partial charge in [0.2, 0.25) is 0 Å². The van der Waals surface area contributed by atoms with E-state index >= 15 is 0 Å². The van der Waals surface area contributed by atoms with Gasteiger partial charge < -0.3 is 15.1 Å². The van der Waals surface area contributed by atoms with E-state index in [1.165, 1.54) is 0 Å². The van der Waals surface area contributed by atoms with Crippen LogP contribution < -0.4 is 10.2 Å². The third kappa shape index (κ3) is 3.73. The highest BCUT2D eigenvalue weighted by Gasteiger charge is 2.23. The van der Waals surface area contributed by atoms with Gasteiger partial charge in [0.15, 0.2) is 0 Å². The molecule has 126 valence electrons. The highest BCUT2D eigenvalue weighted by Crippen LogP contribution is 2.18. The first kappa shape index (κ1) is 16.4. The number of hydrogen-bond donors (Lipinski definition) is 1. The Hall–Kier alpha value is -2.41. The van der Waals surface area contributed by atoms with Gasteiger partial charge in [0, 0.05) is 32.4 Å². The van der Waals surface area contributed by atoms with Gasteiger partial charge in [-0.15, -0.1) is 0 Å². The molecule has 0 bridgehead atoms. The molecule has 3 rings (SSSR count). The van der Waals surface area contributed by atoms with Crippen LogP contribution in [0.15, 0.2) is 24.5 Å². The molecule has 0 unspecified atom stereocenters. The second-order valence-corrected chi connectivity index (χ2v) is 6.08. The normalized spacial score (nSPS) is 14.6. The first-order chi connectivity index (χ1) is 11.5. The molecular formula is C16H19ClN6O. The number of amides is 2. The SMILES string of the molecule is Cc1cnc(C)c(N2CCN(C(=O)Nc3ccc(Cl)nc3)CC2)n1. The average molecular weight is 347 g/mol. The molecule has 7 nitrogen and oxygen atoms in total. The molecule has 0 saturated carbocycles. The van der Waals surface area contributed by atoms with Crippen molar-refractivity contribution in [1.82, 2.24) is 19.9 Å². The molecule has 1 aliphatic heterocycles. The van der Waals surface area contributed by atoms with E-state index < -0.39 is 0 Å². The highest BCUT2D eigenvalue weighted by atomic mass is 35.5. The molecule has 3 heterocycles. The van der Waals surface area contributed by atoms with Gasteiger partial charge in [-0.1, -0.05) is 11.6 Å². The maximum absolute atomic E-state index is 12.3. The van der Waals surface area contributed by atoms with Crippen LogP contribution in [0, 0.1) is 13.8 Å². The van der Waals surface area contributed by atoms with Gasteiger partial charge in [-0.3, -0.25) is 4.98 Å². The second-order valence-electron chi connectivity index (χ2n) is 5.69. The number of carbonyl (C=O) groups is 1. The predicted molar refractivity (Wildman–Crippen MR) is 93.6 cm³/mol. The van der Waals surface area contributed by atoms with Crippen LogP contribution in [0.2, 0.25) is 5.15 Å². The monoisotopic (exact) mass is 346 g/mol. The number of urea groups is 1. The summed E-state index contributed by atoms with van der Waals surface area (Å²) in [6, 6.07) is 3.24. The molecule has 0 spiro atoms. The lowest BCUT2D eigenvalue weighted by Crippen LogP contribution is -2.50. The number of rotatable bonds is 2. The fourth-order valence-corrected chi connectivity index (χ4v) is 2.71. The number of nitrogens with one attached hydrogen (secondary N) is 1. The molecule has 1 aliphatic rings. The fraction of sp³-hybridized carbons (Fsp3) is 0.375. The van der Waals surface area contributed by atoms with Gasteiger partial charge in [0.05, 0.1) is 23.3 Å². The Morgan fingerprint density at radius 1 is 1.12 bits per heavy atom. The molecular weight excluding hydrogens is 328 g/mol. The number of anilines is 2. The molecule has 2 aromatic rings. The number of aryl methyl sites for hydroxylation is 2. The summed E-state index contributed by atoms with van der Waals surface area (Å²) in [6.45, 7) is 6.59. The van der Waals surface area contributed by atoms with Gasteiger partial charge in [-0.2, -0.15) is 0 Å². The quantitative estimate of drug-likeness (QED) is 0.846. The molecule has 1 N–H and O–H groups in total. The van der Waals surface area contributed by atoms with Crippen molar-refractivity contribution in [2.45, 2.75) is 13.8 Å². The Labute approximate surface area is 145 Å². The van der Waals surface area contributed by atoms with Crippen LogP contribution in [0.3, 0.4) is 0 Å². The third-order valence-corrected chi connectivity index (χ3v) is 4.12. The van der Waals surface area contributed by atoms with Crippen molar-refractivity contribution < 1.29 is 4.79 Å². The summed E-state index contributed by atoms with van der Waals surface area (Å²) in [6.07, 6.45) is 3.31. The summed E-state index contributed by atoms with van der Waals surface area (Å²) >= 11 is 5.74. The van der Waals surface area contributed by atoms with E-state index in [-0.39, 0.29) is 6.03 Å². The first-order valence-electron chi connectivity index (χ1n) is 7.75. The van der Waals surface area contributed by atoms with Crippen molar-refractivity contribution in [2.24, 2.45) is 0 Å². The van der Waals surface area contributed by atoms with Crippen molar-refractivity contribution in [3.63, 3.8) is 0 Å². The minimum atomic E-state index is -0.133. The molecule has 1 saturated heterocycles. The van der Waals surface area contributed by atoms with Gasteiger partial charge in [0.25, 0.3) is 0 Å². The molecule has 8 heteroatoms. The summed E-state index contributed by atoms with van der Waals surface area (Å²) in [5, 5.41) is 3.23. The number of aromatic nitrogens is 3. The van der Waals surface area contributed by atoms with Crippen molar-refractivity contribution in [3.05, 3.63) is 41.1 Å². The van der Waals surface area contributed by atoms with Gasteiger partial charge in [-0.25, -0.2) is 14.8 Å². The summed E-state index contributed by atoms with van der Waals surface area (Å²) < 4.78 is 0. The minimum Gasteiger partial charge on any atom is -0.352 e. The Bertz CT molecular complexity index is 728. The third-order valence-electron chi connectivity index (χ3n) is 3.90. The zero-order valence-corrected chi connectivity index (χ0v) is 14.4. The Morgan fingerprint density at radius 2 is 1.88 bits per heavy atom. The van der Waals surface area contributed by atoms with Crippen molar-refractivity contribution in [1.29, 1.82) is 0 Å². The fourth-order valence-electron chi connectivity index (χ4n) is 2.60. The number of halogens is 1. The molecule has 24 heavy (non-hydrogen) atoms. The number of pyridine rings is 1. The first-order valence-corrected chi connectivity index (χ1v) is 8.13. The Morgan fingerprint density at radius 3 is 2.54 bits per heavy atom. The highest BCUT2D eigenvalue weighted by molar-refractivity contribution is 6.29. The molecule has 2 amide bonds. The molecule has 0 radical (unpaired) electrons. The lowest BCUT2D eigenvalue weighted by molar-refractivity contribution is 0.208. The van der Waals surface area contributed by atoms with Crippen molar-refractivity contribution >= 4 is 29.1 Å². The standard InChI is InChI=1S/C16H19ClN6O/c1-11-9-18-12(2)15(20-11)22-5-7-23(8-6-22)16(24)21-13-3-4-14(17)19-10-13/h3-4,9-10H,5-8H2,1-2H3,(H,21,24). The minimum absolute atomic E-state index is 0.133. The van der Waals surface area contributed by atoms with E-state index in [2.05, 4.69) is 25.2 Å². The second kappa shape index (κ2) is 7.00. The maximum atomic E-state index is 12.3. The Balaban J connectivity index is 1.59. The van der Waals surface area contributed by atoms with Crippen LogP contribution in [0.4, 0.5) is 16.3 Å². The van der Waals surface area contributed by atoms with Crippen LogP contribution >= 0.6 is 11.6 Å². The van der Waals surface area contributed by atoms with E-state index in [1.807, 2.05) is 13.8 Å². The van der Waals surface area contributed by atoms with E-state index in [0.29, 0.717) is 23.9 Å². The van der Waals surface area contributed by atoms with Gasteiger partial charge >= 0.3 is 6.03 Å². The van der Waals surface area contributed by atoms with E-state index in [1.54, 1.807) is 29.4 Å². The zero-order valence-electron chi connectivity index (χ0n) is 13.7. The molecule has 0 aromatic carbocycles. The largest absolute Gasteiger partial charge is 0.352 e. The van der Waals surface area contributed by atoms with Crippen LogP contribution in [-0.4, -0.2) is 52.1 Å². The maximum Gasteiger partial charge on any atom is 0.322 e. The average Bonchev–Trinajstić information content (AvgIpc) is 2.59. The van der Waals surface area contributed by atoms with Gasteiger partial charge in [0.1, 0.15) is 11.0 Å². The smallest absolute Gasteiger partial charge is 0.322 e. The topological polar surface area (TPSA) is 74.2 Å².